The molecule has 96 valence electrons. The Morgan fingerprint density at radius 3 is 3.00 bits per heavy atom. The van der Waals surface area contributed by atoms with Crippen LogP contribution in [0.1, 0.15) is 36.4 Å². The Hall–Kier alpha value is -1.39. The van der Waals surface area contributed by atoms with Crippen LogP contribution in [0.5, 0.6) is 0 Å². The normalized spacial score (nSPS) is 20.2. The zero-order valence-corrected chi connectivity index (χ0v) is 10.4. The van der Waals surface area contributed by atoms with Gasteiger partial charge < -0.3 is 16.4 Å². The number of nitrogens with two attached hydrogens (primary N) is 1. The minimum atomic E-state index is 0.0357. The summed E-state index contributed by atoms with van der Waals surface area (Å²) in [5, 5.41) is 6.34. The van der Waals surface area contributed by atoms with E-state index < -0.39 is 0 Å². The molecule has 0 radical (unpaired) electrons. The van der Waals surface area contributed by atoms with Crippen molar-refractivity contribution in [2.75, 3.05) is 11.9 Å². The summed E-state index contributed by atoms with van der Waals surface area (Å²) in [7, 11) is 0. The highest BCUT2D eigenvalue weighted by atomic mass is 16.1. The molecular formula is C14H19N3O. The molecule has 1 unspecified atom stereocenters. The standard InChI is InChI=1S/C14H19N3O/c15-12(8-16-11-3-4-11)9-1-5-13-10(7-9)2-6-14(18)17-13/h1,5,7,11-12,16H,2-4,6,8,15H2,(H,17,18). The van der Waals surface area contributed by atoms with Crippen molar-refractivity contribution in [3.05, 3.63) is 29.3 Å². The van der Waals surface area contributed by atoms with E-state index in [9.17, 15) is 4.79 Å². The van der Waals surface area contributed by atoms with Crippen LogP contribution in [0.2, 0.25) is 0 Å². The lowest BCUT2D eigenvalue weighted by atomic mass is 9.97. The maximum absolute atomic E-state index is 11.3. The first-order valence-corrected chi connectivity index (χ1v) is 6.64. The second-order valence-corrected chi connectivity index (χ2v) is 5.25. The average molecular weight is 245 g/mol. The number of benzene rings is 1. The molecule has 1 heterocycles. The molecule has 1 fully saturated rings. The van der Waals surface area contributed by atoms with Crippen LogP contribution < -0.4 is 16.4 Å². The van der Waals surface area contributed by atoms with E-state index in [-0.39, 0.29) is 11.9 Å². The van der Waals surface area contributed by atoms with Crippen LogP contribution in [0.3, 0.4) is 0 Å². The Balaban J connectivity index is 1.70. The number of anilines is 1. The third kappa shape index (κ3) is 2.54. The molecule has 1 aliphatic carbocycles. The van der Waals surface area contributed by atoms with Crippen molar-refractivity contribution in [1.82, 2.24) is 5.32 Å². The van der Waals surface area contributed by atoms with Gasteiger partial charge in [-0.2, -0.15) is 0 Å². The number of carbonyl (C=O) groups is 1. The van der Waals surface area contributed by atoms with Crippen LogP contribution in [0.25, 0.3) is 0 Å². The van der Waals surface area contributed by atoms with E-state index in [2.05, 4.69) is 16.7 Å². The number of carbonyl (C=O) groups excluding carboxylic acids is 1. The number of rotatable bonds is 4. The van der Waals surface area contributed by atoms with Gasteiger partial charge in [0, 0.05) is 30.7 Å². The summed E-state index contributed by atoms with van der Waals surface area (Å²) in [6.45, 7) is 0.829. The van der Waals surface area contributed by atoms with Crippen LogP contribution in [0.15, 0.2) is 18.2 Å². The van der Waals surface area contributed by atoms with Crippen molar-refractivity contribution in [2.24, 2.45) is 5.73 Å². The van der Waals surface area contributed by atoms with E-state index in [0.717, 1.165) is 24.2 Å². The molecule has 4 heteroatoms. The van der Waals surface area contributed by atoms with E-state index in [0.29, 0.717) is 12.5 Å². The molecule has 1 atom stereocenters. The van der Waals surface area contributed by atoms with Gasteiger partial charge >= 0.3 is 0 Å². The van der Waals surface area contributed by atoms with Gasteiger partial charge in [-0.25, -0.2) is 0 Å². The largest absolute Gasteiger partial charge is 0.326 e. The minimum Gasteiger partial charge on any atom is -0.326 e. The highest BCUT2D eigenvalue weighted by Crippen LogP contribution is 2.26. The molecule has 4 nitrogen and oxygen atoms in total. The molecule has 1 saturated carbocycles. The third-order valence-corrected chi connectivity index (χ3v) is 3.66. The zero-order chi connectivity index (χ0) is 12.5. The van der Waals surface area contributed by atoms with Gasteiger partial charge in [0.25, 0.3) is 0 Å². The monoisotopic (exact) mass is 245 g/mol. The molecule has 1 aromatic carbocycles. The fraction of sp³-hybridized carbons (Fsp3) is 0.500. The lowest BCUT2D eigenvalue weighted by Crippen LogP contribution is -2.28. The van der Waals surface area contributed by atoms with Crippen molar-refractivity contribution < 1.29 is 4.79 Å². The average Bonchev–Trinajstić information content (AvgIpc) is 3.19. The SMILES string of the molecule is NC(CNC1CC1)c1ccc2c(c1)CCC(=O)N2. The van der Waals surface area contributed by atoms with Gasteiger partial charge in [-0.1, -0.05) is 12.1 Å². The Labute approximate surface area is 107 Å². The minimum absolute atomic E-state index is 0.0357. The summed E-state index contributed by atoms with van der Waals surface area (Å²) in [6.07, 6.45) is 3.95. The summed E-state index contributed by atoms with van der Waals surface area (Å²) >= 11 is 0. The van der Waals surface area contributed by atoms with Crippen molar-refractivity contribution in [1.29, 1.82) is 0 Å². The number of hydrogen-bond donors (Lipinski definition) is 3. The Morgan fingerprint density at radius 1 is 1.39 bits per heavy atom. The second kappa shape index (κ2) is 4.71. The summed E-state index contributed by atoms with van der Waals surface area (Å²) in [6, 6.07) is 6.85. The Morgan fingerprint density at radius 2 is 2.22 bits per heavy atom. The lowest BCUT2D eigenvalue weighted by molar-refractivity contribution is -0.116. The van der Waals surface area contributed by atoms with Crippen LogP contribution in [-0.4, -0.2) is 18.5 Å². The number of fused-ring (bicyclic) bond motifs is 1. The molecule has 4 N–H and O–H groups in total. The van der Waals surface area contributed by atoms with Crippen molar-refractivity contribution in [2.45, 2.75) is 37.8 Å². The van der Waals surface area contributed by atoms with Gasteiger partial charge in [0.05, 0.1) is 0 Å². The predicted molar refractivity (Wildman–Crippen MR) is 71.3 cm³/mol. The first-order chi connectivity index (χ1) is 8.72. The van der Waals surface area contributed by atoms with Crippen molar-refractivity contribution in [3.8, 4) is 0 Å². The Kier molecular flexibility index (Phi) is 3.06. The molecular weight excluding hydrogens is 226 g/mol. The van der Waals surface area contributed by atoms with E-state index in [1.165, 1.54) is 18.4 Å². The topological polar surface area (TPSA) is 67.1 Å². The van der Waals surface area contributed by atoms with Gasteiger partial charge in [0.2, 0.25) is 5.91 Å². The number of aryl methyl sites for hydroxylation is 1. The molecule has 0 bridgehead atoms. The van der Waals surface area contributed by atoms with Gasteiger partial charge in [-0.05, 0) is 36.5 Å². The number of hydrogen-bond acceptors (Lipinski definition) is 3. The Bertz CT molecular complexity index is 468. The fourth-order valence-electron chi connectivity index (χ4n) is 2.33. The molecule has 0 aromatic heterocycles. The van der Waals surface area contributed by atoms with Crippen LogP contribution >= 0.6 is 0 Å². The molecule has 1 amide bonds. The third-order valence-electron chi connectivity index (χ3n) is 3.66. The molecule has 0 spiro atoms. The second-order valence-electron chi connectivity index (χ2n) is 5.25. The summed E-state index contributed by atoms with van der Waals surface area (Å²) in [5.41, 5.74) is 9.48. The van der Waals surface area contributed by atoms with Gasteiger partial charge in [0.1, 0.15) is 0 Å². The highest BCUT2D eigenvalue weighted by Gasteiger charge is 2.22. The van der Waals surface area contributed by atoms with Crippen LogP contribution in [-0.2, 0) is 11.2 Å². The van der Waals surface area contributed by atoms with E-state index >= 15 is 0 Å². The first-order valence-electron chi connectivity index (χ1n) is 6.64. The maximum Gasteiger partial charge on any atom is 0.224 e. The summed E-state index contributed by atoms with van der Waals surface area (Å²) in [5.74, 6) is 0.106. The van der Waals surface area contributed by atoms with Crippen LogP contribution in [0, 0.1) is 0 Å². The summed E-state index contributed by atoms with van der Waals surface area (Å²) in [4.78, 5) is 11.3. The quantitative estimate of drug-likeness (QED) is 0.749. The van der Waals surface area contributed by atoms with Crippen molar-refractivity contribution in [3.63, 3.8) is 0 Å². The lowest BCUT2D eigenvalue weighted by Gasteiger charge is -2.20. The maximum atomic E-state index is 11.3. The molecule has 0 saturated heterocycles. The summed E-state index contributed by atoms with van der Waals surface area (Å²) < 4.78 is 0. The van der Waals surface area contributed by atoms with E-state index in [1.807, 2.05) is 12.1 Å². The first kappa shape index (κ1) is 11.7. The van der Waals surface area contributed by atoms with Crippen molar-refractivity contribution >= 4 is 11.6 Å². The van der Waals surface area contributed by atoms with E-state index in [1.54, 1.807) is 0 Å². The van der Waals surface area contributed by atoms with Crippen LogP contribution in [0.4, 0.5) is 5.69 Å². The fourth-order valence-corrected chi connectivity index (χ4v) is 2.33. The van der Waals surface area contributed by atoms with Gasteiger partial charge in [0.15, 0.2) is 0 Å². The van der Waals surface area contributed by atoms with Gasteiger partial charge in [-0.15, -0.1) is 0 Å². The smallest absolute Gasteiger partial charge is 0.224 e. The molecule has 18 heavy (non-hydrogen) atoms. The number of nitrogens with one attached hydrogen (secondary N) is 2. The van der Waals surface area contributed by atoms with E-state index in [4.69, 9.17) is 5.73 Å². The molecule has 1 aromatic rings. The molecule has 1 aliphatic heterocycles. The molecule has 2 aliphatic rings. The predicted octanol–water partition coefficient (Wildman–Crippen LogP) is 1.32. The van der Waals surface area contributed by atoms with Gasteiger partial charge in [-0.3, -0.25) is 4.79 Å². The number of amides is 1. The molecule has 3 rings (SSSR count). The zero-order valence-electron chi connectivity index (χ0n) is 10.4. The highest BCUT2D eigenvalue weighted by molar-refractivity contribution is 5.93.